The highest BCUT2D eigenvalue weighted by Crippen LogP contribution is 2.33. The third-order valence-corrected chi connectivity index (χ3v) is 4.52. The predicted molar refractivity (Wildman–Crippen MR) is 104 cm³/mol. The molecule has 0 fully saturated rings. The summed E-state index contributed by atoms with van der Waals surface area (Å²) in [5.41, 5.74) is 5.76. The minimum absolute atomic E-state index is 0.0590. The molecule has 0 radical (unpaired) electrons. The molecule has 0 aliphatic rings. The van der Waals surface area contributed by atoms with Gasteiger partial charge in [0.25, 0.3) is 0 Å². The second-order valence-corrected chi connectivity index (χ2v) is 6.44. The van der Waals surface area contributed by atoms with E-state index in [4.69, 9.17) is 16.3 Å². The minimum atomic E-state index is 0.0590. The van der Waals surface area contributed by atoms with Crippen LogP contribution in [0.2, 0.25) is 5.02 Å². The molecule has 3 rings (SSSR count). The van der Waals surface area contributed by atoms with E-state index in [0.717, 1.165) is 39.1 Å². The molecule has 0 heterocycles. The largest absolute Gasteiger partial charge is 0.497 e. The zero-order valence-corrected chi connectivity index (χ0v) is 15.2. The number of ether oxygens (including phenoxy) is 1. The van der Waals surface area contributed by atoms with Crippen LogP contribution in [0.25, 0.3) is 22.3 Å². The van der Waals surface area contributed by atoms with Gasteiger partial charge < -0.3 is 4.74 Å². The Balaban J connectivity index is 2.18. The van der Waals surface area contributed by atoms with E-state index < -0.39 is 0 Å². The number of carbonyl (C=O) groups is 1. The van der Waals surface area contributed by atoms with Crippen molar-refractivity contribution < 1.29 is 9.53 Å². The molecule has 0 N–H and O–H groups in total. The number of Topliss-reactive ketones (excluding diaryl/α,β-unsaturated/α-hetero) is 1. The van der Waals surface area contributed by atoms with E-state index in [0.29, 0.717) is 5.02 Å². The third kappa shape index (κ3) is 3.59. The van der Waals surface area contributed by atoms with Crippen molar-refractivity contribution in [3.05, 3.63) is 76.8 Å². The zero-order valence-electron chi connectivity index (χ0n) is 14.5. The van der Waals surface area contributed by atoms with Crippen LogP contribution in [-0.2, 0) is 0 Å². The van der Waals surface area contributed by atoms with Crippen LogP contribution in [-0.4, -0.2) is 12.9 Å². The van der Waals surface area contributed by atoms with Gasteiger partial charge in [0.1, 0.15) is 5.75 Å². The molecule has 25 heavy (non-hydrogen) atoms. The molecule has 0 aliphatic heterocycles. The summed E-state index contributed by atoms with van der Waals surface area (Å²) in [6.07, 6.45) is 0. The zero-order chi connectivity index (χ0) is 18.0. The second-order valence-electron chi connectivity index (χ2n) is 6.01. The van der Waals surface area contributed by atoms with Crippen molar-refractivity contribution in [2.24, 2.45) is 0 Å². The van der Waals surface area contributed by atoms with Crippen LogP contribution in [0.4, 0.5) is 0 Å². The highest BCUT2D eigenvalue weighted by Gasteiger charge is 2.15. The summed E-state index contributed by atoms with van der Waals surface area (Å²) in [7, 11) is 1.65. The first-order valence-electron chi connectivity index (χ1n) is 8.05. The summed E-state index contributed by atoms with van der Waals surface area (Å²) in [4.78, 5) is 12.2. The molecule has 3 aromatic carbocycles. The Hall–Kier alpha value is -2.58. The van der Waals surface area contributed by atoms with E-state index in [2.05, 4.69) is 12.1 Å². The topological polar surface area (TPSA) is 26.3 Å². The molecule has 0 saturated carbocycles. The fourth-order valence-electron chi connectivity index (χ4n) is 3.06. The molecule has 3 aromatic rings. The van der Waals surface area contributed by atoms with Crippen LogP contribution in [0.3, 0.4) is 0 Å². The highest BCUT2D eigenvalue weighted by molar-refractivity contribution is 6.30. The molecule has 0 atom stereocenters. The van der Waals surface area contributed by atoms with Crippen molar-refractivity contribution >= 4 is 17.4 Å². The Morgan fingerprint density at radius 3 is 2.04 bits per heavy atom. The van der Waals surface area contributed by atoms with E-state index in [1.165, 1.54) is 0 Å². The number of hydrogen-bond donors (Lipinski definition) is 0. The Bertz CT molecular complexity index is 910. The summed E-state index contributed by atoms with van der Waals surface area (Å²) >= 11 is 6.01. The monoisotopic (exact) mass is 350 g/mol. The number of benzene rings is 3. The number of halogens is 1. The van der Waals surface area contributed by atoms with Crippen molar-refractivity contribution in [3.8, 4) is 28.0 Å². The van der Waals surface area contributed by atoms with Gasteiger partial charge in [0.2, 0.25) is 0 Å². The molecule has 0 saturated heterocycles. The summed E-state index contributed by atoms with van der Waals surface area (Å²) in [6.45, 7) is 3.58. The smallest absolute Gasteiger partial charge is 0.160 e. The van der Waals surface area contributed by atoms with E-state index in [9.17, 15) is 4.79 Å². The number of methoxy groups -OCH3 is 1. The summed E-state index contributed by atoms with van der Waals surface area (Å²) in [6, 6.07) is 19.6. The van der Waals surface area contributed by atoms with Gasteiger partial charge >= 0.3 is 0 Å². The van der Waals surface area contributed by atoms with Gasteiger partial charge in [-0.05, 0) is 72.0 Å². The molecule has 0 aliphatic carbocycles. The summed E-state index contributed by atoms with van der Waals surface area (Å²) in [5.74, 6) is 0.877. The van der Waals surface area contributed by atoms with Crippen LogP contribution >= 0.6 is 11.6 Å². The molecule has 2 nitrogen and oxygen atoms in total. The quantitative estimate of drug-likeness (QED) is 0.524. The second kappa shape index (κ2) is 7.12. The predicted octanol–water partition coefficient (Wildman–Crippen LogP) is 6.19. The molecule has 3 heteroatoms. The molecule has 0 spiro atoms. The van der Waals surface area contributed by atoms with Gasteiger partial charge in [-0.25, -0.2) is 0 Å². The average Bonchev–Trinajstić information content (AvgIpc) is 2.61. The lowest BCUT2D eigenvalue weighted by Gasteiger charge is -2.14. The Morgan fingerprint density at radius 2 is 1.48 bits per heavy atom. The van der Waals surface area contributed by atoms with Gasteiger partial charge in [-0.15, -0.1) is 0 Å². The van der Waals surface area contributed by atoms with Crippen molar-refractivity contribution in [3.63, 3.8) is 0 Å². The van der Waals surface area contributed by atoms with E-state index >= 15 is 0 Å². The standard InChI is InChI=1S/C22H19ClO2/c1-14-12-18(16-6-10-20(25-3)11-7-16)13-21(22(14)15(2)24)17-4-8-19(23)9-5-17/h4-13H,1-3H3. The number of rotatable bonds is 4. The Kier molecular flexibility index (Phi) is 4.91. The highest BCUT2D eigenvalue weighted by atomic mass is 35.5. The van der Waals surface area contributed by atoms with Gasteiger partial charge in [-0.3, -0.25) is 4.79 Å². The first-order chi connectivity index (χ1) is 12.0. The number of ketones is 1. The molecule has 0 amide bonds. The molecule has 0 unspecified atom stereocenters. The SMILES string of the molecule is COc1ccc(-c2cc(C)c(C(C)=O)c(-c3ccc(Cl)cc3)c2)cc1. The first-order valence-corrected chi connectivity index (χ1v) is 8.43. The van der Waals surface area contributed by atoms with Gasteiger partial charge in [0.15, 0.2) is 5.78 Å². The van der Waals surface area contributed by atoms with E-state index in [-0.39, 0.29) is 5.78 Å². The molecule has 126 valence electrons. The van der Waals surface area contributed by atoms with Crippen LogP contribution in [0.1, 0.15) is 22.8 Å². The maximum atomic E-state index is 12.2. The van der Waals surface area contributed by atoms with Crippen molar-refractivity contribution in [1.82, 2.24) is 0 Å². The van der Waals surface area contributed by atoms with Crippen LogP contribution in [0.5, 0.6) is 5.75 Å². The van der Waals surface area contributed by atoms with Crippen molar-refractivity contribution in [2.75, 3.05) is 7.11 Å². The number of aryl methyl sites for hydroxylation is 1. The Labute approximate surface area is 153 Å². The number of hydrogen-bond acceptors (Lipinski definition) is 2. The molecular weight excluding hydrogens is 332 g/mol. The van der Waals surface area contributed by atoms with Crippen molar-refractivity contribution in [1.29, 1.82) is 0 Å². The molecule has 0 bridgehead atoms. The maximum Gasteiger partial charge on any atom is 0.160 e. The van der Waals surface area contributed by atoms with Gasteiger partial charge in [0, 0.05) is 10.6 Å². The summed E-state index contributed by atoms with van der Waals surface area (Å²) in [5, 5.41) is 0.677. The van der Waals surface area contributed by atoms with Crippen molar-refractivity contribution in [2.45, 2.75) is 13.8 Å². The lowest BCUT2D eigenvalue weighted by molar-refractivity contribution is 0.101. The normalized spacial score (nSPS) is 10.6. The van der Waals surface area contributed by atoms with Crippen LogP contribution < -0.4 is 4.74 Å². The van der Waals surface area contributed by atoms with Crippen LogP contribution in [0, 0.1) is 6.92 Å². The maximum absolute atomic E-state index is 12.2. The van der Waals surface area contributed by atoms with Crippen LogP contribution in [0.15, 0.2) is 60.7 Å². The Morgan fingerprint density at radius 1 is 0.880 bits per heavy atom. The van der Waals surface area contributed by atoms with E-state index in [1.54, 1.807) is 14.0 Å². The van der Waals surface area contributed by atoms with E-state index in [1.807, 2.05) is 55.5 Å². The summed E-state index contributed by atoms with van der Waals surface area (Å²) < 4.78 is 5.23. The third-order valence-electron chi connectivity index (χ3n) is 4.27. The average molecular weight is 351 g/mol. The number of carbonyl (C=O) groups excluding carboxylic acids is 1. The lowest BCUT2D eigenvalue weighted by Crippen LogP contribution is -2.01. The molecule has 0 aromatic heterocycles. The van der Waals surface area contributed by atoms with Gasteiger partial charge in [-0.2, -0.15) is 0 Å². The molecular formula is C22H19ClO2. The van der Waals surface area contributed by atoms with Gasteiger partial charge in [-0.1, -0.05) is 41.9 Å². The first kappa shape index (κ1) is 17.2. The minimum Gasteiger partial charge on any atom is -0.497 e. The fourth-order valence-corrected chi connectivity index (χ4v) is 3.19. The fraction of sp³-hybridized carbons (Fsp3) is 0.136. The van der Waals surface area contributed by atoms with Gasteiger partial charge in [0.05, 0.1) is 7.11 Å². The lowest BCUT2D eigenvalue weighted by atomic mass is 9.89.